The van der Waals surface area contributed by atoms with Crippen LogP contribution in [0.15, 0.2) is 58.2 Å². The van der Waals surface area contributed by atoms with Crippen molar-refractivity contribution in [1.82, 2.24) is 9.88 Å². The summed E-state index contributed by atoms with van der Waals surface area (Å²) in [5.74, 6) is -0.842. The summed E-state index contributed by atoms with van der Waals surface area (Å²) in [5.41, 5.74) is 2.97. The molecular formula is C24H22ClFN4O2S. The zero-order chi connectivity index (χ0) is 23.7. The van der Waals surface area contributed by atoms with E-state index < -0.39 is 5.82 Å². The zero-order valence-electron chi connectivity index (χ0n) is 18.3. The number of hydrogen-bond acceptors (Lipinski definition) is 5. The molecule has 2 aromatic carbocycles. The van der Waals surface area contributed by atoms with Crippen LogP contribution in [0, 0.1) is 5.82 Å². The second-order valence-corrected chi connectivity index (χ2v) is 9.05. The predicted octanol–water partition coefficient (Wildman–Crippen LogP) is 5.42. The molecule has 0 saturated heterocycles. The summed E-state index contributed by atoms with van der Waals surface area (Å²) in [5, 5.41) is 15.8. The van der Waals surface area contributed by atoms with Gasteiger partial charge in [0.25, 0.3) is 0 Å². The first kappa shape index (κ1) is 23.0. The first-order chi connectivity index (χ1) is 15.7. The molecule has 6 nitrogen and oxygen atoms in total. The quantitative estimate of drug-likeness (QED) is 0.359. The van der Waals surface area contributed by atoms with Crippen LogP contribution in [-0.4, -0.2) is 54.3 Å². The maximum Gasteiger partial charge on any atom is 0.240 e. The number of rotatable bonds is 6. The topological polar surface area (TPSA) is 71.9 Å². The second kappa shape index (κ2) is 9.35. The SMILES string of the molecule is CN(C)CC(=O)N(C)c1ccc(N=C(c2ccsc2)c2c(O)[nH]c3cc(Cl)ccc23)cc1F. The first-order valence-corrected chi connectivity index (χ1v) is 11.4. The fraction of sp³-hybridized carbons (Fsp3) is 0.167. The molecule has 9 heteroatoms. The number of carbonyl (C=O) groups is 1. The fourth-order valence-corrected chi connectivity index (χ4v) is 4.35. The summed E-state index contributed by atoms with van der Waals surface area (Å²) in [7, 11) is 5.10. The van der Waals surface area contributed by atoms with Crippen LogP contribution in [0.25, 0.3) is 10.9 Å². The molecule has 0 spiro atoms. The van der Waals surface area contributed by atoms with Gasteiger partial charge in [0.15, 0.2) is 5.88 Å². The molecule has 170 valence electrons. The Morgan fingerprint density at radius 2 is 1.97 bits per heavy atom. The van der Waals surface area contributed by atoms with E-state index >= 15 is 0 Å². The highest BCUT2D eigenvalue weighted by Crippen LogP contribution is 2.34. The average molecular weight is 485 g/mol. The highest BCUT2D eigenvalue weighted by Gasteiger charge is 2.20. The monoisotopic (exact) mass is 484 g/mol. The lowest BCUT2D eigenvalue weighted by Gasteiger charge is -2.20. The molecule has 0 unspecified atom stereocenters. The molecular weight excluding hydrogens is 463 g/mol. The maximum absolute atomic E-state index is 15.0. The first-order valence-electron chi connectivity index (χ1n) is 10.1. The van der Waals surface area contributed by atoms with Gasteiger partial charge >= 0.3 is 0 Å². The van der Waals surface area contributed by atoms with Crippen molar-refractivity contribution in [2.24, 2.45) is 4.99 Å². The van der Waals surface area contributed by atoms with Crippen molar-refractivity contribution >= 4 is 56.8 Å². The molecule has 0 aliphatic heterocycles. The van der Waals surface area contributed by atoms with Crippen LogP contribution in [0.3, 0.4) is 0 Å². The molecule has 0 aliphatic carbocycles. The third-order valence-electron chi connectivity index (χ3n) is 5.13. The van der Waals surface area contributed by atoms with Crippen molar-refractivity contribution in [3.8, 4) is 5.88 Å². The van der Waals surface area contributed by atoms with E-state index in [0.717, 1.165) is 10.9 Å². The fourth-order valence-electron chi connectivity index (χ4n) is 3.54. The van der Waals surface area contributed by atoms with E-state index in [-0.39, 0.29) is 24.0 Å². The highest BCUT2D eigenvalue weighted by molar-refractivity contribution is 7.08. The highest BCUT2D eigenvalue weighted by atomic mass is 35.5. The standard InChI is InChI=1S/C24H22ClFN4O2S/c1-29(2)12-21(31)30(3)20-7-5-16(11-18(20)26)27-23(14-8-9-33-13-14)22-17-6-4-15(25)10-19(17)28-24(22)32/h4-11,13,28,32H,12H2,1-3H3. The molecule has 0 radical (unpaired) electrons. The van der Waals surface area contributed by atoms with Crippen LogP contribution in [-0.2, 0) is 4.79 Å². The van der Waals surface area contributed by atoms with Crippen LogP contribution in [0.4, 0.5) is 15.8 Å². The van der Waals surface area contributed by atoms with Crippen LogP contribution < -0.4 is 4.90 Å². The number of hydrogen-bond donors (Lipinski definition) is 2. The Labute approximate surface area is 199 Å². The summed E-state index contributed by atoms with van der Waals surface area (Å²) in [6.45, 7) is 0.169. The summed E-state index contributed by atoms with van der Waals surface area (Å²) < 4.78 is 15.0. The van der Waals surface area contributed by atoms with E-state index in [1.54, 1.807) is 50.3 Å². The third kappa shape index (κ3) is 4.78. The second-order valence-electron chi connectivity index (χ2n) is 7.84. The number of likely N-dealkylation sites (N-methyl/N-ethyl adjacent to an activating group) is 2. The molecule has 0 atom stereocenters. The van der Waals surface area contributed by atoms with Gasteiger partial charge in [0, 0.05) is 34.5 Å². The van der Waals surface area contributed by atoms with E-state index in [4.69, 9.17) is 16.6 Å². The van der Waals surface area contributed by atoms with E-state index in [2.05, 4.69) is 4.98 Å². The number of carbonyl (C=O) groups excluding carboxylic acids is 1. The van der Waals surface area contributed by atoms with Gasteiger partial charge in [0.2, 0.25) is 5.91 Å². The van der Waals surface area contributed by atoms with Crippen molar-refractivity contribution < 1.29 is 14.3 Å². The van der Waals surface area contributed by atoms with Crippen molar-refractivity contribution in [3.63, 3.8) is 0 Å². The predicted molar refractivity (Wildman–Crippen MR) is 133 cm³/mol. The van der Waals surface area contributed by atoms with Gasteiger partial charge in [0.1, 0.15) is 5.82 Å². The number of nitrogens with zero attached hydrogens (tertiary/aromatic N) is 3. The number of amides is 1. The molecule has 2 aromatic heterocycles. The molecule has 33 heavy (non-hydrogen) atoms. The zero-order valence-corrected chi connectivity index (χ0v) is 19.8. The minimum absolute atomic E-state index is 0.0525. The number of aromatic nitrogens is 1. The Kier molecular flexibility index (Phi) is 6.51. The normalized spacial score (nSPS) is 12.0. The van der Waals surface area contributed by atoms with Crippen LogP contribution >= 0.6 is 22.9 Å². The summed E-state index contributed by atoms with van der Waals surface area (Å²) in [6.07, 6.45) is 0. The van der Waals surface area contributed by atoms with Gasteiger partial charge in [-0.05, 0) is 49.8 Å². The minimum Gasteiger partial charge on any atom is -0.494 e. The number of nitrogens with one attached hydrogen (secondary N) is 1. The van der Waals surface area contributed by atoms with Gasteiger partial charge in [-0.25, -0.2) is 9.38 Å². The lowest BCUT2D eigenvalue weighted by molar-refractivity contribution is -0.118. The lowest BCUT2D eigenvalue weighted by atomic mass is 10.0. The van der Waals surface area contributed by atoms with E-state index in [1.807, 2.05) is 16.8 Å². The number of anilines is 1. The number of halogens is 2. The Hall–Kier alpha value is -3.20. The van der Waals surface area contributed by atoms with E-state index in [0.29, 0.717) is 27.5 Å². The van der Waals surface area contributed by atoms with Gasteiger partial charge < -0.3 is 19.9 Å². The molecule has 4 aromatic rings. The van der Waals surface area contributed by atoms with Crippen molar-refractivity contribution in [2.75, 3.05) is 32.6 Å². The van der Waals surface area contributed by atoms with Gasteiger partial charge in [-0.15, -0.1) is 0 Å². The van der Waals surface area contributed by atoms with Gasteiger partial charge in [-0.1, -0.05) is 17.7 Å². The molecule has 2 N–H and O–H groups in total. The molecule has 0 bridgehead atoms. The maximum atomic E-state index is 15.0. The summed E-state index contributed by atoms with van der Waals surface area (Å²) >= 11 is 7.59. The molecule has 1 amide bonds. The molecule has 2 heterocycles. The molecule has 0 fully saturated rings. The number of aromatic hydroxyl groups is 1. The Balaban J connectivity index is 1.79. The summed E-state index contributed by atoms with van der Waals surface area (Å²) in [6, 6.07) is 11.6. The Morgan fingerprint density at radius 1 is 1.18 bits per heavy atom. The van der Waals surface area contributed by atoms with Gasteiger partial charge in [-0.3, -0.25) is 4.79 Å². The number of aromatic amines is 1. The number of fused-ring (bicyclic) bond motifs is 1. The third-order valence-corrected chi connectivity index (χ3v) is 6.05. The lowest BCUT2D eigenvalue weighted by Crippen LogP contribution is -2.35. The number of H-pyrrole nitrogens is 1. The largest absolute Gasteiger partial charge is 0.494 e. The number of benzene rings is 2. The van der Waals surface area contributed by atoms with Crippen molar-refractivity contribution in [1.29, 1.82) is 0 Å². The molecule has 0 saturated carbocycles. The minimum atomic E-state index is -0.564. The number of aliphatic imine (C=N–C) groups is 1. The molecule has 4 rings (SSSR count). The Bertz CT molecular complexity index is 1350. The van der Waals surface area contributed by atoms with Crippen LogP contribution in [0.2, 0.25) is 5.02 Å². The van der Waals surface area contributed by atoms with E-state index in [1.165, 1.54) is 28.4 Å². The van der Waals surface area contributed by atoms with Crippen molar-refractivity contribution in [3.05, 3.63) is 75.2 Å². The van der Waals surface area contributed by atoms with Gasteiger partial charge in [-0.2, -0.15) is 11.3 Å². The van der Waals surface area contributed by atoms with Crippen LogP contribution in [0.1, 0.15) is 11.1 Å². The number of thiophene rings is 1. The van der Waals surface area contributed by atoms with Gasteiger partial charge in [0.05, 0.1) is 34.7 Å². The Morgan fingerprint density at radius 3 is 2.64 bits per heavy atom. The smallest absolute Gasteiger partial charge is 0.240 e. The molecule has 0 aliphatic rings. The average Bonchev–Trinajstić information content (AvgIpc) is 3.38. The summed E-state index contributed by atoms with van der Waals surface area (Å²) in [4.78, 5) is 23.0. The van der Waals surface area contributed by atoms with Crippen LogP contribution in [0.5, 0.6) is 5.88 Å². The van der Waals surface area contributed by atoms with Crippen molar-refractivity contribution in [2.45, 2.75) is 0 Å². The van der Waals surface area contributed by atoms with E-state index in [9.17, 15) is 14.3 Å².